The molecule has 29 heavy (non-hydrogen) atoms. The number of carbonyl (C=O) groups excluding carboxylic acids is 1. The molecule has 1 N–H and O–H groups in total. The van der Waals surface area contributed by atoms with Gasteiger partial charge in [-0.05, 0) is 36.4 Å². The van der Waals surface area contributed by atoms with Gasteiger partial charge in [-0.25, -0.2) is 0 Å². The Labute approximate surface area is 169 Å². The summed E-state index contributed by atoms with van der Waals surface area (Å²) in [6.45, 7) is 4.69. The summed E-state index contributed by atoms with van der Waals surface area (Å²) >= 11 is 0. The zero-order chi connectivity index (χ0) is 20.1. The SMILES string of the molecule is COc1ccccc1N1CCN(Cc2ccc(C(=O)NCc3ccco3)o2)CC1. The molecule has 0 atom stereocenters. The minimum absolute atomic E-state index is 0.242. The first-order valence-corrected chi connectivity index (χ1v) is 9.72. The number of nitrogens with one attached hydrogen (secondary N) is 1. The van der Waals surface area contributed by atoms with Crippen LogP contribution in [0, 0.1) is 0 Å². The smallest absolute Gasteiger partial charge is 0.287 e. The Morgan fingerprint density at radius 3 is 2.62 bits per heavy atom. The van der Waals surface area contributed by atoms with Crippen LogP contribution in [-0.4, -0.2) is 44.1 Å². The molecule has 4 rings (SSSR count). The zero-order valence-corrected chi connectivity index (χ0v) is 16.5. The Morgan fingerprint density at radius 1 is 1.03 bits per heavy atom. The van der Waals surface area contributed by atoms with Crippen molar-refractivity contribution in [1.29, 1.82) is 0 Å². The Hall–Kier alpha value is -3.19. The number of hydrogen-bond acceptors (Lipinski definition) is 6. The molecule has 0 unspecified atom stereocenters. The van der Waals surface area contributed by atoms with E-state index < -0.39 is 0 Å². The lowest BCUT2D eigenvalue weighted by Crippen LogP contribution is -2.46. The van der Waals surface area contributed by atoms with Crippen LogP contribution in [0.3, 0.4) is 0 Å². The highest BCUT2D eigenvalue weighted by atomic mass is 16.5. The summed E-state index contributed by atoms with van der Waals surface area (Å²) in [7, 11) is 1.70. The number of piperazine rings is 1. The monoisotopic (exact) mass is 395 g/mol. The van der Waals surface area contributed by atoms with E-state index in [4.69, 9.17) is 13.6 Å². The number of methoxy groups -OCH3 is 1. The predicted molar refractivity (Wildman–Crippen MR) is 109 cm³/mol. The van der Waals surface area contributed by atoms with E-state index in [1.807, 2.05) is 30.3 Å². The van der Waals surface area contributed by atoms with Crippen molar-refractivity contribution in [3.8, 4) is 5.75 Å². The fourth-order valence-corrected chi connectivity index (χ4v) is 3.51. The van der Waals surface area contributed by atoms with Crippen molar-refractivity contribution in [3.05, 3.63) is 72.1 Å². The van der Waals surface area contributed by atoms with Crippen LogP contribution in [0.5, 0.6) is 5.75 Å². The van der Waals surface area contributed by atoms with Crippen molar-refractivity contribution in [2.24, 2.45) is 0 Å². The molecule has 2 aromatic heterocycles. The molecule has 1 saturated heterocycles. The second kappa shape index (κ2) is 8.87. The van der Waals surface area contributed by atoms with Crippen LogP contribution >= 0.6 is 0 Å². The normalized spacial score (nSPS) is 14.7. The summed E-state index contributed by atoms with van der Waals surface area (Å²) < 4.78 is 16.4. The van der Waals surface area contributed by atoms with E-state index in [-0.39, 0.29) is 5.91 Å². The van der Waals surface area contributed by atoms with Crippen LogP contribution in [0.25, 0.3) is 0 Å². The van der Waals surface area contributed by atoms with Crippen LogP contribution < -0.4 is 15.0 Å². The summed E-state index contributed by atoms with van der Waals surface area (Å²) in [5, 5.41) is 2.79. The fraction of sp³-hybridized carbons (Fsp3) is 0.318. The zero-order valence-electron chi connectivity index (χ0n) is 16.5. The molecular formula is C22H25N3O4. The van der Waals surface area contributed by atoms with Gasteiger partial charge < -0.3 is 23.8 Å². The van der Waals surface area contributed by atoms with Gasteiger partial charge in [0, 0.05) is 26.2 Å². The summed E-state index contributed by atoms with van der Waals surface area (Å²) in [5.41, 5.74) is 1.13. The van der Waals surface area contributed by atoms with Crippen molar-refractivity contribution >= 4 is 11.6 Å². The fourth-order valence-electron chi connectivity index (χ4n) is 3.51. The first-order chi connectivity index (χ1) is 14.2. The topological polar surface area (TPSA) is 71.1 Å². The molecule has 1 aliphatic heterocycles. The standard InChI is InChI=1S/C22H25N3O4/c1-27-20-7-3-2-6-19(20)25-12-10-24(11-13-25)16-18-8-9-21(29-18)22(26)23-15-17-5-4-14-28-17/h2-9,14H,10-13,15-16H2,1H3,(H,23,26). The Balaban J connectivity index is 1.28. The van der Waals surface area contributed by atoms with Gasteiger partial charge in [0.05, 0.1) is 32.1 Å². The molecule has 3 heterocycles. The number of rotatable bonds is 7. The Kier molecular flexibility index (Phi) is 5.86. The summed E-state index contributed by atoms with van der Waals surface area (Å²) in [5.74, 6) is 2.47. The van der Waals surface area contributed by atoms with Crippen molar-refractivity contribution < 1.29 is 18.4 Å². The molecule has 0 radical (unpaired) electrons. The maximum Gasteiger partial charge on any atom is 0.287 e. The number of anilines is 1. The van der Waals surface area contributed by atoms with E-state index in [1.54, 1.807) is 25.5 Å². The molecule has 1 aromatic carbocycles. The predicted octanol–water partition coefficient (Wildman–Crippen LogP) is 3.13. The lowest BCUT2D eigenvalue weighted by Gasteiger charge is -2.36. The molecule has 0 saturated carbocycles. The number of carbonyl (C=O) groups is 1. The molecule has 1 aliphatic rings. The van der Waals surface area contributed by atoms with Gasteiger partial charge in [-0.2, -0.15) is 0 Å². The van der Waals surface area contributed by atoms with Crippen LogP contribution in [-0.2, 0) is 13.1 Å². The van der Waals surface area contributed by atoms with Crippen molar-refractivity contribution in [3.63, 3.8) is 0 Å². The molecule has 0 spiro atoms. The van der Waals surface area contributed by atoms with Crippen LogP contribution in [0.1, 0.15) is 22.1 Å². The molecule has 7 heteroatoms. The average Bonchev–Trinajstić information content (AvgIpc) is 3.45. The van der Waals surface area contributed by atoms with Crippen molar-refractivity contribution in [2.45, 2.75) is 13.1 Å². The minimum atomic E-state index is -0.242. The number of ether oxygens (including phenoxy) is 1. The first kappa shape index (κ1) is 19.1. The number of hydrogen-bond donors (Lipinski definition) is 1. The van der Waals surface area contributed by atoms with Crippen LogP contribution in [0.4, 0.5) is 5.69 Å². The quantitative estimate of drug-likeness (QED) is 0.663. The third kappa shape index (κ3) is 4.63. The van der Waals surface area contributed by atoms with Gasteiger partial charge in [-0.3, -0.25) is 9.69 Å². The van der Waals surface area contributed by atoms with Gasteiger partial charge >= 0.3 is 0 Å². The lowest BCUT2D eigenvalue weighted by molar-refractivity contribution is 0.0916. The van der Waals surface area contributed by atoms with Gasteiger partial charge in [-0.15, -0.1) is 0 Å². The van der Waals surface area contributed by atoms with Gasteiger partial charge in [0.2, 0.25) is 0 Å². The van der Waals surface area contributed by atoms with Gasteiger partial charge in [-0.1, -0.05) is 12.1 Å². The number of benzene rings is 1. The second-order valence-electron chi connectivity index (χ2n) is 6.96. The van der Waals surface area contributed by atoms with Crippen LogP contribution in [0.2, 0.25) is 0 Å². The molecule has 3 aromatic rings. The van der Waals surface area contributed by atoms with E-state index in [9.17, 15) is 4.79 Å². The average molecular weight is 395 g/mol. The van der Waals surface area contributed by atoms with E-state index in [0.717, 1.165) is 43.4 Å². The highest BCUT2D eigenvalue weighted by Gasteiger charge is 2.21. The number of para-hydroxylation sites is 2. The summed E-state index contributed by atoms with van der Waals surface area (Å²) in [4.78, 5) is 16.9. The first-order valence-electron chi connectivity index (χ1n) is 9.72. The van der Waals surface area contributed by atoms with E-state index in [2.05, 4.69) is 21.2 Å². The molecule has 1 fully saturated rings. The third-order valence-corrected chi connectivity index (χ3v) is 5.07. The molecular weight excluding hydrogens is 370 g/mol. The summed E-state index contributed by atoms with van der Waals surface area (Å²) in [6, 6.07) is 15.3. The molecule has 152 valence electrons. The minimum Gasteiger partial charge on any atom is -0.495 e. The van der Waals surface area contributed by atoms with E-state index in [1.165, 1.54) is 0 Å². The summed E-state index contributed by atoms with van der Waals surface area (Å²) in [6.07, 6.45) is 1.58. The van der Waals surface area contributed by atoms with Crippen molar-refractivity contribution in [2.75, 3.05) is 38.2 Å². The Morgan fingerprint density at radius 2 is 1.86 bits per heavy atom. The maximum atomic E-state index is 12.2. The lowest BCUT2D eigenvalue weighted by atomic mass is 10.2. The molecule has 7 nitrogen and oxygen atoms in total. The Bertz CT molecular complexity index is 927. The van der Waals surface area contributed by atoms with Crippen LogP contribution in [0.15, 0.2) is 63.6 Å². The number of furan rings is 2. The third-order valence-electron chi connectivity index (χ3n) is 5.07. The number of amides is 1. The van der Waals surface area contributed by atoms with Gasteiger partial charge in [0.15, 0.2) is 5.76 Å². The van der Waals surface area contributed by atoms with Gasteiger partial charge in [0.25, 0.3) is 5.91 Å². The molecule has 1 amide bonds. The second-order valence-corrected chi connectivity index (χ2v) is 6.96. The highest BCUT2D eigenvalue weighted by molar-refractivity contribution is 5.91. The van der Waals surface area contributed by atoms with Gasteiger partial charge in [0.1, 0.15) is 17.3 Å². The molecule has 0 aliphatic carbocycles. The van der Waals surface area contributed by atoms with Crippen molar-refractivity contribution in [1.82, 2.24) is 10.2 Å². The van der Waals surface area contributed by atoms with E-state index in [0.29, 0.717) is 24.6 Å². The highest BCUT2D eigenvalue weighted by Crippen LogP contribution is 2.28. The largest absolute Gasteiger partial charge is 0.495 e. The molecule has 0 bridgehead atoms. The maximum absolute atomic E-state index is 12.2. The van der Waals surface area contributed by atoms with E-state index >= 15 is 0 Å². The number of nitrogens with zero attached hydrogens (tertiary/aromatic N) is 2.